The van der Waals surface area contributed by atoms with Crippen molar-refractivity contribution in [2.45, 2.75) is 33.0 Å². The maximum absolute atomic E-state index is 11.8. The Morgan fingerprint density at radius 3 is 2.56 bits per heavy atom. The van der Waals surface area contributed by atoms with E-state index in [2.05, 4.69) is 35.1 Å². The molecule has 1 atom stereocenters. The third-order valence-corrected chi connectivity index (χ3v) is 6.48. The Balaban J connectivity index is 1.46. The van der Waals surface area contributed by atoms with Gasteiger partial charge in [0.1, 0.15) is 12.6 Å². The van der Waals surface area contributed by atoms with Crippen molar-refractivity contribution in [3.8, 4) is 23.0 Å². The lowest BCUT2D eigenvalue weighted by Crippen LogP contribution is -2.56. The van der Waals surface area contributed by atoms with Gasteiger partial charge in [0.05, 0.1) is 7.11 Å². The van der Waals surface area contributed by atoms with E-state index in [1.807, 2.05) is 30.3 Å². The summed E-state index contributed by atoms with van der Waals surface area (Å²) in [5.41, 5.74) is 5.08. The fraction of sp³-hybridized carbons (Fsp3) is 0.333. The number of ether oxygens (including phenoxy) is 2. The summed E-state index contributed by atoms with van der Waals surface area (Å²) in [7, 11) is 1.51. The van der Waals surface area contributed by atoms with Gasteiger partial charge in [-0.3, -0.25) is 14.5 Å². The number of amides is 1. The van der Waals surface area contributed by atoms with Gasteiger partial charge in [-0.25, -0.2) is 4.98 Å². The molecule has 1 saturated heterocycles. The Hall–Kier alpha value is -3.98. The normalized spacial score (nSPS) is 16.0. The summed E-state index contributed by atoms with van der Waals surface area (Å²) in [5, 5.41) is 9.69. The van der Waals surface area contributed by atoms with Crippen molar-refractivity contribution in [2.75, 3.05) is 26.7 Å². The minimum Gasteiger partial charge on any atom is -0.481 e. The maximum Gasteiger partial charge on any atom is 0.322 e. The predicted molar refractivity (Wildman–Crippen MR) is 134 cm³/mol. The van der Waals surface area contributed by atoms with Crippen LogP contribution >= 0.6 is 0 Å². The molecule has 9 nitrogen and oxygen atoms in total. The summed E-state index contributed by atoms with van der Waals surface area (Å²) in [5.74, 6) is -0.783. The molecule has 1 aromatic heterocycles. The second-order valence-corrected chi connectivity index (χ2v) is 8.72. The Morgan fingerprint density at radius 2 is 1.86 bits per heavy atom. The van der Waals surface area contributed by atoms with Gasteiger partial charge < -0.3 is 19.5 Å². The van der Waals surface area contributed by atoms with Crippen LogP contribution in [0.1, 0.15) is 23.6 Å². The first-order valence-corrected chi connectivity index (χ1v) is 11.8. The molecule has 3 aromatic rings. The molecule has 0 radical (unpaired) electrons. The summed E-state index contributed by atoms with van der Waals surface area (Å²) in [6.45, 7) is 5.11. The number of benzene rings is 2. The molecule has 1 unspecified atom stereocenters. The highest BCUT2D eigenvalue weighted by Gasteiger charge is 2.34. The van der Waals surface area contributed by atoms with E-state index < -0.39 is 12.0 Å². The van der Waals surface area contributed by atoms with E-state index in [0.29, 0.717) is 31.1 Å². The van der Waals surface area contributed by atoms with Crippen molar-refractivity contribution in [2.24, 2.45) is 0 Å². The first kappa shape index (κ1) is 25.1. The number of carboxylic acid groups (broad SMARTS) is 1. The number of hydrogen-bond acceptors (Lipinski definition) is 7. The molecule has 2 aromatic carbocycles. The fourth-order valence-corrected chi connectivity index (χ4v) is 4.39. The minimum absolute atomic E-state index is 0.132. The number of methoxy groups -OCH3 is 1. The third kappa shape index (κ3) is 5.63. The van der Waals surface area contributed by atoms with Gasteiger partial charge in [0.15, 0.2) is 0 Å². The van der Waals surface area contributed by atoms with Crippen LogP contribution in [0.2, 0.25) is 0 Å². The Bertz CT molecular complexity index is 1230. The van der Waals surface area contributed by atoms with Crippen LogP contribution in [0, 0.1) is 6.92 Å². The van der Waals surface area contributed by atoms with Crippen LogP contribution < -0.4 is 9.47 Å². The van der Waals surface area contributed by atoms with E-state index >= 15 is 0 Å². The van der Waals surface area contributed by atoms with Gasteiger partial charge in [0, 0.05) is 44.9 Å². The van der Waals surface area contributed by atoms with Crippen LogP contribution in [0.15, 0.2) is 54.7 Å². The summed E-state index contributed by atoms with van der Waals surface area (Å²) >= 11 is 0. The molecular weight excluding hydrogens is 460 g/mol. The molecule has 36 heavy (non-hydrogen) atoms. The van der Waals surface area contributed by atoms with E-state index in [1.54, 1.807) is 16.0 Å². The molecule has 188 valence electrons. The highest BCUT2D eigenvalue weighted by Crippen LogP contribution is 2.27. The standard InChI is InChI=1S/C27H30N4O5/c1-18-21(10-7-11-23(18)20-8-5-4-6-9-20)17-36-27-28-14-22(25(29-27)35-3)15-31-13-12-30(19(2)32)16-24(31)26(33)34/h4-11,14,24H,12-13,15-17H2,1-3H3,(H,33,34). The smallest absolute Gasteiger partial charge is 0.322 e. The van der Waals surface area contributed by atoms with Crippen molar-refractivity contribution in [1.82, 2.24) is 19.8 Å². The number of nitrogens with zero attached hydrogens (tertiary/aromatic N) is 4. The van der Waals surface area contributed by atoms with E-state index in [0.717, 1.165) is 22.3 Å². The average Bonchev–Trinajstić information content (AvgIpc) is 2.89. The van der Waals surface area contributed by atoms with Crippen LogP contribution in [0.4, 0.5) is 0 Å². The van der Waals surface area contributed by atoms with Crippen LogP contribution in [0.25, 0.3) is 11.1 Å². The number of aliphatic carboxylic acids is 1. The Kier molecular flexibility index (Phi) is 7.80. The van der Waals surface area contributed by atoms with Crippen molar-refractivity contribution in [3.63, 3.8) is 0 Å². The van der Waals surface area contributed by atoms with E-state index in [4.69, 9.17) is 9.47 Å². The van der Waals surface area contributed by atoms with Gasteiger partial charge in [-0.2, -0.15) is 4.98 Å². The molecule has 4 rings (SSSR count). The molecule has 0 bridgehead atoms. The van der Waals surface area contributed by atoms with Crippen molar-refractivity contribution in [3.05, 3.63) is 71.4 Å². The molecule has 1 amide bonds. The Labute approximate surface area is 210 Å². The van der Waals surface area contributed by atoms with Crippen LogP contribution in [0.3, 0.4) is 0 Å². The average molecular weight is 491 g/mol. The number of carbonyl (C=O) groups excluding carboxylic acids is 1. The van der Waals surface area contributed by atoms with Gasteiger partial charge in [0.2, 0.25) is 11.8 Å². The SMILES string of the molecule is COc1nc(OCc2cccc(-c3ccccc3)c2C)ncc1CN1CCN(C(C)=O)CC1C(=O)O. The second-order valence-electron chi connectivity index (χ2n) is 8.72. The summed E-state index contributed by atoms with van der Waals surface area (Å²) in [6, 6.07) is 15.6. The molecule has 0 spiro atoms. The lowest BCUT2D eigenvalue weighted by atomic mass is 9.97. The molecule has 0 aliphatic carbocycles. The zero-order valence-corrected chi connectivity index (χ0v) is 20.7. The number of rotatable bonds is 8. The summed E-state index contributed by atoms with van der Waals surface area (Å²) in [6.07, 6.45) is 1.60. The number of carboxylic acids is 1. The van der Waals surface area contributed by atoms with Gasteiger partial charge in [-0.1, -0.05) is 48.5 Å². The van der Waals surface area contributed by atoms with Crippen LogP contribution in [-0.4, -0.2) is 69.5 Å². The highest BCUT2D eigenvalue weighted by molar-refractivity contribution is 5.77. The monoisotopic (exact) mass is 490 g/mol. The lowest BCUT2D eigenvalue weighted by molar-refractivity contribution is -0.148. The molecule has 0 saturated carbocycles. The zero-order valence-electron chi connectivity index (χ0n) is 20.7. The van der Waals surface area contributed by atoms with Crippen molar-refractivity contribution < 1.29 is 24.2 Å². The fourth-order valence-electron chi connectivity index (χ4n) is 4.39. The van der Waals surface area contributed by atoms with Gasteiger partial charge in [0.25, 0.3) is 0 Å². The van der Waals surface area contributed by atoms with Crippen molar-refractivity contribution in [1.29, 1.82) is 0 Å². The van der Waals surface area contributed by atoms with E-state index in [9.17, 15) is 14.7 Å². The van der Waals surface area contributed by atoms with E-state index in [1.165, 1.54) is 14.0 Å². The molecule has 1 N–H and O–H groups in total. The van der Waals surface area contributed by atoms with Gasteiger partial charge >= 0.3 is 12.0 Å². The quantitative estimate of drug-likeness (QED) is 0.514. The molecule has 2 heterocycles. The predicted octanol–water partition coefficient (Wildman–Crippen LogP) is 3.16. The third-order valence-electron chi connectivity index (χ3n) is 6.48. The first-order chi connectivity index (χ1) is 17.4. The lowest BCUT2D eigenvalue weighted by Gasteiger charge is -2.38. The first-order valence-electron chi connectivity index (χ1n) is 11.8. The highest BCUT2D eigenvalue weighted by atomic mass is 16.5. The Morgan fingerprint density at radius 1 is 1.08 bits per heavy atom. The molecule has 9 heteroatoms. The summed E-state index contributed by atoms with van der Waals surface area (Å²) in [4.78, 5) is 35.6. The topological polar surface area (TPSA) is 105 Å². The maximum atomic E-state index is 11.8. The van der Waals surface area contributed by atoms with Crippen LogP contribution in [0.5, 0.6) is 11.9 Å². The molecule has 1 aliphatic heterocycles. The molecule has 1 aliphatic rings. The van der Waals surface area contributed by atoms with E-state index in [-0.39, 0.29) is 25.0 Å². The number of hydrogen-bond donors (Lipinski definition) is 1. The number of carbonyl (C=O) groups is 2. The van der Waals surface area contributed by atoms with Crippen LogP contribution in [-0.2, 0) is 22.7 Å². The largest absolute Gasteiger partial charge is 0.481 e. The zero-order chi connectivity index (χ0) is 25.7. The molecular formula is C27H30N4O5. The van der Waals surface area contributed by atoms with Crippen molar-refractivity contribution >= 4 is 11.9 Å². The minimum atomic E-state index is -0.978. The molecule has 1 fully saturated rings. The summed E-state index contributed by atoms with van der Waals surface area (Å²) < 4.78 is 11.4. The second kappa shape index (κ2) is 11.2. The number of aromatic nitrogens is 2. The van der Waals surface area contributed by atoms with Gasteiger partial charge in [-0.05, 0) is 29.2 Å². The van der Waals surface area contributed by atoms with Gasteiger partial charge in [-0.15, -0.1) is 0 Å². The number of piperazine rings is 1.